The van der Waals surface area contributed by atoms with Crippen molar-refractivity contribution in [2.75, 3.05) is 20.2 Å². The van der Waals surface area contributed by atoms with E-state index < -0.39 is 0 Å². The van der Waals surface area contributed by atoms with Crippen LogP contribution in [0, 0.1) is 6.92 Å². The Kier molecular flexibility index (Phi) is 5.18. The van der Waals surface area contributed by atoms with Gasteiger partial charge in [0.15, 0.2) is 4.96 Å². The second-order valence-corrected chi connectivity index (χ2v) is 6.89. The molecule has 0 unspecified atom stereocenters. The number of aromatic nitrogens is 2. The smallest absolute Gasteiger partial charge is 0.259 e. The van der Waals surface area contributed by atoms with E-state index in [1.807, 2.05) is 31.5 Å². The van der Waals surface area contributed by atoms with Gasteiger partial charge in [-0.25, -0.2) is 4.98 Å². The molecule has 0 N–H and O–H groups in total. The molecule has 3 aromatic rings. The number of nitrogens with zero attached hydrogens (tertiary/aromatic N) is 3. The fourth-order valence-electron chi connectivity index (χ4n) is 2.39. The van der Waals surface area contributed by atoms with E-state index in [1.54, 1.807) is 22.6 Å². The molecule has 24 heavy (non-hydrogen) atoms. The van der Waals surface area contributed by atoms with Crippen molar-refractivity contribution in [2.45, 2.75) is 13.5 Å². The zero-order chi connectivity index (χ0) is 17.1. The van der Waals surface area contributed by atoms with Crippen molar-refractivity contribution in [1.29, 1.82) is 0 Å². The molecule has 5 nitrogen and oxygen atoms in total. The molecule has 0 fully saturated rings. The minimum atomic E-state index is -0.0282. The Morgan fingerprint density at radius 1 is 1.33 bits per heavy atom. The molecule has 2 aromatic heterocycles. The van der Waals surface area contributed by atoms with Crippen LogP contribution in [0.2, 0.25) is 5.02 Å². The summed E-state index contributed by atoms with van der Waals surface area (Å²) in [6, 6.07) is 8.89. The minimum absolute atomic E-state index is 0.0282. The van der Waals surface area contributed by atoms with Gasteiger partial charge in [-0.15, -0.1) is 11.3 Å². The van der Waals surface area contributed by atoms with Crippen molar-refractivity contribution in [3.05, 3.63) is 62.5 Å². The van der Waals surface area contributed by atoms with Crippen LogP contribution < -0.4 is 10.3 Å². The summed E-state index contributed by atoms with van der Waals surface area (Å²) in [6.07, 6.45) is 0. The molecule has 0 aliphatic carbocycles. The SMILES string of the molecule is Cc1csc2nc(CN(C)CCOc3ccc(Cl)cc3)cc(=O)n12. The number of fused-ring (bicyclic) bond motifs is 1. The first-order chi connectivity index (χ1) is 11.5. The van der Waals surface area contributed by atoms with Gasteiger partial charge in [0, 0.05) is 35.3 Å². The minimum Gasteiger partial charge on any atom is -0.492 e. The summed E-state index contributed by atoms with van der Waals surface area (Å²) < 4.78 is 7.32. The van der Waals surface area contributed by atoms with Gasteiger partial charge < -0.3 is 4.74 Å². The van der Waals surface area contributed by atoms with Gasteiger partial charge in [0.2, 0.25) is 0 Å². The number of aryl methyl sites for hydroxylation is 1. The van der Waals surface area contributed by atoms with Crippen LogP contribution >= 0.6 is 22.9 Å². The Balaban J connectivity index is 1.57. The van der Waals surface area contributed by atoms with Crippen molar-refractivity contribution in [1.82, 2.24) is 14.3 Å². The Morgan fingerprint density at radius 3 is 2.83 bits per heavy atom. The van der Waals surface area contributed by atoms with Gasteiger partial charge in [0.05, 0.1) is 5.69 Å². The molecule has 2 heterocycles. The summed E-state index contributed by atoms with van der Waals surface area (Å²) >= 11 is 7.33. The van der Waals surface area contributed by atoms with Gasteiger partial charge in [-0.05, 0) is 38.2 Å². The maximum absolute atomic E-state index is 12.2. The van der Waals surface area contributed by atoms with Gasteiger partial charge in [-0.1, -0.05) is 11.6 Å². The first-order valence-electron chi connectivity index (χ1n) is 7.56. The molecule has 1 aromatic carbocycles. The molecule has 7 heteroatoms. The number of halogens is 1. The Hall–Kier alpha value is -1.89. The van der Waals surface area contributed by atoms with Crippen molar-refractivity contribution in [2.24, 2.45) is 0 Å². The zero-order valence-electron chi connectivity index (χ0n) is 13.5. The van der Waals surface area contributed by atoms with Gasteiger partial charge in [0.25, 0.3) is 5.56 Å². The summed E-state index contributed by atoms with van der Waals surface area (Å²) in [5.41, 5.74) is 1.67. The Bertz CT molecular complexity index is 889. The zero-order valence-corrected chi connectivity index (χ0v) is 15.1. The van der Waals surface area contributed by atoms with E-state index in [0.29, 0.717) is 18.2 Å². The highest BCUT2D eigenvalue weighted by Crippen LogP contribution is 2.15. The van der Waals surface area contributed by atoms with Crippen LogP contribution in [0.3, 0.4) is 0 Å². The second-order valence-electron chi connectivity index (χ2n) is 5.62. The molecular formula is C17H18ClN3O2S. The number of thiazole rings is 1. The lowest BCUT2D eigenvalue weighted by Gasteiger charge is -2.16. The van der Waals surface area contributed by atoms with Gasteiger partial charge in [-0.2, -0.15) is 0 Å². The van der Waals surface area contributed by atoms with Crippen molar-refractivity contribution in [3.8, 4) is 5.75 Å². The molecule has 0 aliphatic heterocycles. The average Bonchev–Trinajstić information content (AvgIpc) is 2.91. The number of rotatable bonds is 6. The lowest BCUT2D eigenvalue weighted by Crippen LogP contribution is -2.25. The van der Waals surface area contributed by atoms with Gasteiger partial charge in [0.1, 0.15) is 12.4 Å². The van der Waals surface area contributed by atoms with Crippen LogP contribution in [0.4, 0.5) is 0 Å². The van der Waals surface area contributed by atoms with Crippen LogP contribution in [0.15, 0.2) is 40.5 Å². The molecule has 3 rings (SSSR count). The summed E-state index contributed by atoms with van der Waals surface area (Å²) in [6.45, 7) is 3.80. The molecule has 0 saturated carbocycles. The predicted molar refractivity (Wildman–Crippen MR) is 97.4 cm³/mol. The molecular weight excluding hydrogens is 346 g/mol. The quantitative estimate of drug-likeness (QED) is 0.674. The van der Waals surface area contributed by atoms with E-state index in [2.05, 4.69) is 9.88 Å². The van der Waals surface area contributed by atoms with E-state index in [-0.39, 0.29) is 5.56 Å². The van der Waals surface area contributed by atoms with Crippen LogP contribution in [0.5, 0.6) is 5.75 Å². The van der Waals surface area contributed by atoms with Gasteiger partial charge >= 0.3 is 0 Å². The number of hydrogen-bond acceptors (Lipinski definition) is 5. The number of benzene rings is 1. The molecule has 0 amide bonds. The van der Waals surface area contributed by atoms with Crippen molar-refractivity contribution < 1.29 is 4.74 Å². The summed E-state index contributed by atoms with van der Waals surface area (Å²) in [7, 11) is 1.98. The summed E-state index contributed by atoms with van der Waals surface area (Å²) in [4.78, 5) is 19.5. The van der Waals surface area contributed by atoms with E-state index in [9.17, 15) is 4.79 Å². The third-order valence-corrected chi connectivity index (χ3v) is 4.81. The first-order valence-corrected chi connectivity index (χ1v) is 8.82. The number of ether oxygens (including phenoxy) is 1. The molecule has 0 atom stereocenters. The lowest BCUT2D eigenvalue weighted by molar-refractivity contribution is 0.231. The third kappa shape index (κ3) is 3.95. The van der Waals surface area contributed by atoms with Crippen LogP contribution in [-0.4, -0.2) is 34.5 Å². The van der Waals surface area contributed by atoms with E-state index in [4.69, 9.17) is 16.3 Å². The molecule has 0 spiro atoms. The largest absolute Gasteiger partial charge is 0.492 e. The normalized spacial score (nSPS) is 11.3. The molecule has 0 bridgehead atoms. The standard InChI is InChI=1S/C17H18ClN3O2S/c1-12-11-24-17-19-14(9-16(22)21(12)17)10-20(2)7-8-23-15-5-3-13(18)4-6-15/h3-6,9,11H,7-8,10H2,1-2H3. The summed E-state index contributed by atoms with van der Waals surface area (Å²) in [5.74, 6) is 0.791. The fourth-order valence-corrected chi connectivity index (χ4v) is 3.40. The molecule has 126 valence electrons. The maximum Gasteiger partial charge on any atom is 0.259 e. The van der Waals surface area contributed by atoms with Crippen LogP contribution in [0.1, 0.15) is 11.4 Å². The molecule has 0 aliphatic rings. The third-order valence-electron chi connectivity index (χ3n) is 3.62. The van der Waals surface area contributed by atoms with Crippen LogP contribution in [-0.2, 0) is 6.54 Å². The second kappa shape index (κ2) is 7.34. The number of likely N-dealkylation sites (N-methyl/N-ethyl adjacent to an activating group) is 1. The monoisotopic (exact) mass is 363 g/mol. The topological polar surface area (TPSA) is 46.8 Å². The van der Waals surface area contributed by atoms with Crippen LogP contribution in [0.25, 0.3) is 4.96 Å². The van der Waals surface area contributed by atoms with Crippen molar-refractivity contribution in [3.63, 3.8) is 0 Å². The Labute approximate surface area is 149 Å². The number of hydrogen-bond donors (Lipinski definition) is 0. The predicted octanol–water partition coefficient (Wildman–Crippen LogP) is 3.23. The average molecular weight is 364 g/mol. The molecule has 0 radical (unpaired) electrons. The lowest BCUT2D eigenvalue weighted by atomic mass is 10.3. The van der Waals surface area contributed by atoms with E-state index in [0.717, 1.165) is 28.6 Å². The highest BCUT2D eigenvalue weighted by molar-refractivity contribution is 7.15. The highest BCUT2D eigenvalue weighted by Gasteiger charge is 2.08. The van der Waals surface area contributed by atoms with E-state index >= 15 is 0 Å². The van der Waals surface area contributed by atoms with Crippen molar-refractivity contribution >= 4 is 27.9 Å². The highest BCUT2D eigenvalue weighted by atomic mass is 35.5. The summed E-state index contributed by atoms with van der Waals surface area (Å²) in [5, 5.41) is 2.63. The van der Waals surface area contributed by atoms with E-state index in [1.165, 1.54) is 11.3 Å². The maximum atomic E-state index is 12.2. The molecule has 0 saturated heterocycles. The fraction of sp³-hybridized carbons (Fsp3) is 0.294. The van der Waals surface area contributed by atoms with Gasteiger partial charge in [-0.3, -0.25) is 14.1 Å². The Morgan fingerprint density at radius 2 is 2.08 bits per heavy atom. The first kappa shape index (κ1) is 17.0.